The summed E-state index contributed by atoms with van der Waals surface area (Å²) in [6.45, 7) is 0. The maximum Gasteiger partial charge on any atom is 0.324 e. The smallest absolute Gasteiger partial charge is 0.308 e. The monoisotopic (exact) mass is 345 g/mol. The second-order valence-electron chi connectivity index (χ2n) is 5.48. The van der Waals surface area contributed by atoms with Crippen molar-refractivity contribution in [3.63, 3.8) is 0 Å². The minimum Gasteiger partial charge on any atom is -0.308 e. The van der Waals surface area contributed by atoms with Crippen molar-refractivity contribution in [1.82, 2.24) is 25.2 Å². The number of benzene rings is 2. The molecule has 0 aliphatic carbocycles. The Hall–Kier alpha value is -3.94. The fourth-order valence-electron chi connectivity index (χ4n) is 2.49. The van der Waals surface area contributed by atoms with Crippen LogP contribution in [-0.4, -0.2) is 31.2 Å². The van der Waals surface area contributed by atoms with Gasteiger partial charge in [-0.15, -0.1) is 0 Å². The van der Waals surface area contributed by atoms with Crippen molar-refractivity contribution in [2.75, 3.05) is 10.6 Å². The summed E-state index contributed by atoms with van der Waals surface area (Å²) in [4.78, 5) is 13.7. The number of nitrogens with one attached hydrogen (secondary N) is 3. The van der Waals surface area contributed by atoms with E-state index in [1.165, 1.54) is 4.80 Å². The minimum absolute atomic E-state index is 0.387. The lowest BCUT2D eigenvalue weighted by atomic mass is 10.2. The van der Waals surface area contributed by atoms with Gasteiger partial charge in [-0.05, 0) is 23.8 Å². The molecule has 4 rings (SSSR count). The lowest BCUT2D eigenvalue weighted by Crippen LogP contribution is -2.19. The van der Waals surface area contributed by atoms with Crippen molar-refractivity contribution in [2.45, 2.75) is 0 Å². The fraction of sp³-hybridized carbons (Fsp3) is 0. The average molecular weight is 345 g/mol. The number of anilines is 2. The average Bonchev–Trinajstić information content (AvgIpc) is 3.35. The third-order valence-electron chi connectivity index (χ3n) is 3.66. The summed E-state index contributed by atoms with van der Waals surface area (Å²) in [5, 5.41) is 20.6. The highest BCUT2D eigenvalue weighted by Crippen LogP contribution is 2.19. The maximum absolute atomic E-state index is 12.2. The Morgan fingerprint density at radius 3 is 2.54 bits per heavy atom. The summed E-state index contributed by atoms with van der Waals surface area (Å²) in [6, 6.07) is 18.4. The Morgan fingerprint density at radius 1 is 0.923 bits per heavy atom. The summed E-state index contributed by atoms with van der Waals surface area (Å²) in [5.74, 6) is 0.436. The van der Waals surface area contributed by atoms with Crippen molar-refractivity contribution in [3.05, 3.63) is 73.1 Å². The van der Waals surface area contributed by atoms with Crippen molar-refractivity contribution in [2.24, 2.45) is 0 Å². The first-order valence-corrected chi connectivity index (χ1v) is 7.93. The van der Waals surface area contributed by atoms with Crippen LogP contribution in [0.25, 0.3) is 16.9 Å². The summed E-state index contributed by atoms with van der Waals surface area (Å²) in [7, 11) is 0. The molecular weight excluding hydrogens is 330 g/mol. The van der Waals surface area contributed by atoms with E-state index in [1.807, 2.05) is 42.5 Å². The summed E-state index contributed by atoms with van der Waals surface area (Å²) < 4.78 is 0. The predicted molar refractivity (Wildman–Crippen MR) is 98.0 cm³/mol. The fourth-order valence-corrected chi connectivity index (χ4v) is 2.49. The van der Waals surface area contributed by atoms with E-state index < -0.39 is 0 Å². The summed E-state index contributed by atoms with van der Waals surface area (Å²) in [5.41, 5.74) is 3.19. The van der Waals surface area contributed by atoms with Crippen LogP contribution in [0.3, 0.4) is 0 Å². The molecule has 26 heavy (non-hydrogen) atoms. The van der Waals surface area contributed by atoms with Crippen LogP contribution in [0.15, 0.2) is 73.1 Å². The van der Waals surface area contributed by atoms with Gasteiger partial charge in [-0.2, -0.15) is 20.1 Å². The minimum atomic E-state index is -0.387. The molecule has 2 aromatic heterocycles. The SMILES string of the molecule is O=C(Nc1cccc(-n2nccn2)c1)Nc1cc(-c2ccccc2)[nH]n1. The number of carbonyl (C=O) groups excluding carboxylic acids is 1. The molecule has 0 radical (unpaired) electrons. The molecule has 2 aromatic carbocycles. The van der Waals surface area contributed by atoms with Gasteiger partial charge in [0.1, 0.15) is 0 Å². The van der Waals surface area contributed by atoms with Gasteiger partial charge < -0.3 is 5.32 Å². The molecule has 8 nitrogen and oxygen atoms in total. The van der Waals surface area contributed by atoms with Crippen LogP contribution in [0.1, 0.15) is 0 Å². The molecule has 0 bridgehead atoms. The van der Waals surface area contributed by atoms with E-state index >= 15 is 0 Å². The van der Waals surface area contributed by atoms with E-state index in [0.29, 0.717) is 11.5 Å². The van der Waals surface area contributed by atoms with Crippen LogP contribution in [0.5, 0.6) is 0 Å². The molecule has 0 atom stereocenters. The predicted octanol–water partition coefficient (Wildman–Crippen LogP) is 3.30. The number of aromatic amines is 1. The molecule has 0 spiro atoms. The Morgan fingerprint density at radius 2 is 1.73 bits per heavy atom. The van der Waals surface area contributed by atoms with Crippen LogP contribution in [-0.2, 0) is 0 Å². The Balaban J connectivity index is 1.43. The second-order valence-corrected chi connectivity index (χ2v) is 5.48. The quantitative estimate of drug-likeness (QED) is 0.528. The number of carbonyl (C=O) groups is 1. The molecule has 3 N–H and O–H groups in total. The van der Waals surface area contributed by atoms with Gasteiger partial charge in [-0.1, -0.05) is 36.4 Å². The van der Waals surface area contributed by atoms with Crippen LogP contribution >= 0.6 is 0 Å². The van der Waals surface area contributed by atoms with E-state index in [0.717, 1.165) is 16.9 Å². The van der Waals surface area contributed by atoms with Crippen LogP contribution in [0.4, 0.5) is 16.3 Å². The highest BCUT2D eigenvalue weighted by Gasteiger charge is 2.08. The van der Waals surface area contributed by atoms with Gasteiger partial charge in [-0.25, -0.2) is 4.79 Å². The Labute approximate surface area is 148 Å². The van der Waals surface area contributed by atoms with E-state index in [1.54, 1.807) is 30.6 Å². The van der Waals surface area contributed by atoms with Crippen LogP contribution < -0.4 is 10.6 Å². The van der Waals surface area contributed by atoms with Crippen molar-refractivity contribution >= 4 is 17.5 Å². The van der Waals surface area contributed by atoms with E-state index in [4.69, 9.17) is 0 Å². The second kappa shape index (κ2) is 6.89. The molecule has 0 aliphatic rings. The number of amides is 2. The first-order valence-electron chi connectivity index (χ1n) is 7.93. The topological polar surface area (TPSA) is 101 Å². The number of hydrogen-bond donors (Lipinski definition) is 3. The standard InChI is InChI=1S/C18H15N7O/c26-18(21-14-7-4-8-15(11-14)25-19-9-10-20-25)22-17-12-16(23-24-17)13-5-2-1-3-6-13/h1-12H,(H3,21,22,23,24,26). The van der Waals surface area contributed by atoms with E-state index in [2.05, 4.69) is 31.0 Å². The third-order valence-corrected chi connectivity index (χ3v) is 3.66. The summed E-state index contributed by atoms with van der Waals surface area (Å²) in [6.07, 6.45) is 3.18. The molecule has 128 valence electrons. The number of urea groups is 1. The van der Waals surface area contributed by atoms with Gasteiger partial charge in [0, 0.05) is 11.8 Å². The number of H-pyrrole nitrogens is 1. The molecule has 0 saturated heterocycles. The van der Waals surface area contributed by atoms with E-state index in [9.17, 15) is 4.79 Å². The molecule has 0 aliphatic heterocycles. The number of rotatable bonds is 4. The highest BCUT2D eigenvalue weighted by molar-refractivity contribution is 5.99. The zero-order valence-electron chi connectivity index (χ0n) is 13.6. The van der Waals surface area contributed by atoms with Crippen LogP contribution in [0, 0.1) is 0 Å². The highest BCUT2D eigenvalue weighted by atomic mass is 16.2. The zero-order chi connectivity index (χ0) is 17.8. The van der Waals surface area contributed by atoms with Gasteiger partial charge >= 0.3 is 6.03 Å². The van der Waals surface area contributed by atoms with Crippen molar-refractivity contribution in [3.8, 4) is 16.9 Å². The van der Waals surface area contributed by atoms with Gasteiger partial charge in [0.15, 0.2) is 5.82 Å². The third kappa shape index (κ3) is 3.44. The first-order chi connectivity index (χ1) is 12.8. The van der Waals surface area contributed by atoms with Gasteiger partial charge in [0.05, 0.1) is 23.8 Å². The lowest BCUT2D eigenvalue weighted by Gasteiger charge is -2.07. The largest absolute Gasteiger partial charge is 0.324 e. The van der Waals surface area contributed by atoms with Crippen molar-refractivity contribution < 1.29 is 4.79 Å². The zero-order valence-corrected chi connectivity index (χ0v) is 13.6. The molecule has 0 fully saturated rings. The van der Waals surface area contributed by atoms with Gasteiger partial charge in [0.25, 0.3) is 0 Å². The molecule has 8 heteroatoms. The lowest BCUT2D eigenvalue weighted by molar-refractivity contribution is 0.262. The Kier molecular flexibility index (Phi) is 4.13. The van der Waals surface area contributed by atoms with Gasteiger partial charge in [0.2, 0.25) is 0 Å². The van der Waals surface area contributed by atoms with Crippen LogP contribution in [0.2, 0.25) is 0 Å². The van der Waals surface area contributed by atoms with Gasteiger partial charge in [-0.3, -0.25) is 10.4 Å². The molecule has 0 saturated carbocycles. The number of hydrogen-bond acceptors (Lipinski definition) is 4. The normalized spacial score (nSPS) is 10.5. The molecular formula is C18H15N7O. The maximum atomic E-state index is 12.2. The number of aromatic nitrogens is 5. The molecule has 0 unspecified atom stereocenters. The summed E-state index contributed by atoms with van der Waals surface area (Å²) >= 11 is 0. The van der Waals surface area contributed by atoms with E-state index in [-0.39, 0.29) is 6.03 Å². The Bertz CT molecular complexity index is 1010. The number of nitrogens with zero attached hydrogens (tertiary/aromatic N) is 4. The molecule has 4 aromatic rings. The molecule has 2 amide bonds. The van der Waals surface area contributed by atoms with Crippen molar-refractivity contribution in [1.29, 1.82) is 0 Å². The first kappa shape index (κ1) is 15.6. The molecule has 2 heterocycles.